The van der Waals surface area contributed by atoms with E-state index in [4.69, 9.17) is 9.47 Å². The number of carbonyl (C=O) groups is 1. The highest BCUT2D eigenvalue weighted by Crippen LogP contribution is 2.13. The van der Waals surface area contributed by atoms with E-state index in [0.29, 0.717) is 39.4 Å². The normalized spacial score (nSPS) is 31.6. The molecule has 2 saturated heterocycles. The molecule has 0 saturated carbocycles. The van der Waals surface area contributed by atoms with Crippen molar-refractivity contribution in [3.63, 3.8) is 0 Å². The second-order valence-electron chi connectivity index (χ2n) is 4.54. The molecular weight excluding hydrogens is 208 g/mol. The largest absolute Gasteiger partial charge is 0.378 e. The van der Waals surface area contributed by atoms with Crippen LogP contribution in [0.5, 0.6) is 0 Å². The van der Waals surface area contributed by atoms with Crippen LogP contribution in [-0.4, -0.2) is 67.4 Å². The molecule has 2 aliphatic rings. The number of rotatable bonds is 0. The zero-order chi connectivity index (χ0) is 11.5. The summed E-state index contributed by atoms with van der Waals surface area (Å²) in [6, 6.07) is 0.130. The molecule has 2 fully saturated rings. The highest BCUT2D eigenvalue weighted by molar-refractivity contribution is 5.74. The summed E-state index contributed by atoms with van der Waals surface area (Å²) < 4.78 is 10.9. The first kappa shape index (κ1) is 11.7. The number of morpholine rings is 2. The molecule has 5 nitrogen and oxygen atoms in total. The minimum atomic E-state index is 0.130. The molecule has 2 amide bonds. The molecule has 92 valence electrons. The van der Waals surface area contributed by atoms with Crippen molar-refractivity contribution in [3.8, 4) is 0 Å². The Morgan fingerprint density at radius 2 is 1.62 bits per heavy atom. The third-order valence-electron chi connectivity index (χ3n) is 2.97. The molecule has 0 radical (unpaired) electrons. The number of urea groups is 1. The van der Waals surface area contributed by atoms with Crippen LogP contribution in [0.1, 0.15) is 13.8 Å². The number of ether oxygens (including phenoxy) is 2. The van der Waals surface area contributed by atoms with Crippen LogP contribution in [0.15, 0.2) is 0 Å². The molecule has 0 aromatic rings. The van der Waals surface area contributed by atoms with Gasteiger partial charge in [-0.1, -0.05) is 0 Å². The van der Waals surface area contributed by atoms with Gasteiger partial charge in [0.2, 0.25) is 0 Å². The van der Waals surface area contributed by atoms with Crippen LogP contribution in [0.25, 0.3) is 0 Å². The quantitative estimate of drug-likeness (QED) is 0.608. The van der Waals surface area contributed by atoms with Crippen molar-refractivity contribution in [1.29, 1.82) is 0 Å². The van der Waals surface area contributed by atoms with Gasteiger partial charge in [0.15, 0.2) is 0 Å². The molecule has 2 heterocycles. The fraction of sp³-hybridized carbons (Fsp3) is 0.909. The van der Waals surface area contributed by atoms with E-state index in [1.165, 1.54) is 0 Å². The van der Waals surface area contributed by atoms with Gasteiger partial charge < -0.3 is 19.3 Å². The number of carbonyl (C=O) groups excluding carboxylic acids is 1. The van der Waals surface area contributed by atoms with Gasteiger partial charge in [0.1, 0.15) is 0 Å². The van der Waals surface area contributed by atoms with Gasteiger partial charge >= 0.3 is 6.03 Å². The topological polar surface area (TPSA) is 42.0 Å². The smallest absolute Gasteiger partial charge is 0.320 e. The van der Waals surface area contributed by atoms with E-state index in [2.05, 4.69) is 0 Å². The van der Waals surface area contributed by atoms with E-state index in [1.807, 2.05) is 23.6 Å². The lowest BCUT2D eigenvalue weighted by Gasteiger charge is -2.39. The summed E-state index contributed by atoms with van der Waals surface area (Å²) >= 11 is 0. The number of hydrogen-bond donors (Lipinski definition) is 0. The molecule has 0 spiro atoms. The second kappa shape index (κ2) is 5.01. The Balaban J connectivity index is 1.92. The fourth-order valence-electron chi connectivity index (χ4n) is 2.29. The Kier molecular flexibility index (Phi) is 3.66. The lowest BCUT2D eigenvalue weighted by molar-refractivity contribution is -0.0610. The summed E-state index contributed by atoms with van der Waals surface area (Å²) in [6.45, 7) is 8.13. The van der Waals surface area contributed by atoms with Crippen molar-refractivity contribution < 1.29 is 14.3 Å². The molecule has 2 atom stereocenters. The van der Waals surface area contributed by atoms with Crippen LogP contribution in [-0.2, 0) is 9.47 Å². The van der Waals surface area contributed by atoms with Gasteiger partial charge in [-0.2, -0.15) is 0 Å². The molecule has 2 rings (SSSR count). The Morgan fingerprint density at radius 1 is 1.06 bits per heavy atom. The Labute approximate surface area is 96.3 Å². The maximum absolute atomic E-state index is 12.2. The lowest BCUT2D eigenvalue weighted by atomic mass is 10.2. The molecule has 0 aromatic carbocycles. The van der Waals surface area contributed by atoms with Crippen molar-refractivity contribution in [2.45, 2.75) is 26.1 Å². The second-order valence-corrected chi connectivity index (χ2v) is 4.54. The number of hydrogen-bond acceptors (Lipinski definition) is 3. The molecule has 2 aliphatic heterocycles. The van der Waals surface area contributed by atoms with Gasteiger partial charge in [0.05, 0.1) is 25.4 Å². The van der Waals surface area contributed by atoms with Crippen LogP contribution < -0.4 is 0 Å². The fourth-order valence-corrected chi connectivity index (χ4v) is 2.29. The van der Waals surface area contributed by atoms with Crippen molar-refractivity contribution in [3.05, 3.63) is 0 Å². The van der Waals surface area contributed by atoms with Crippen molar-refractivity contribution in [2.24, 2.45) is 0 Å². The summed E-state index contributed by atoms with van der Waals surface area (Å²) in [4.78, 5) is 15.9. The van der Waals surface area contributed by atoms with Crippen LogP contribution in [0.3, 0.4) is 0 Å². The Bertz CT molecular complexity index is 244. The van der Waals surface area contributed by atoms with E-state index >= 15 is 0 Å². The van der Waals surface area contributed by atoms with Crippen molar-refractivity contribution in [2.75, 3.05) is 39.4 Å². The zero-order valence-electron chi connectivity index (χ0n) is 10.0. The maximum Gasteiger partial charge on any atom is 0.320 e. The standard InChI is InChI=1S/C11H20N2O3/c1-9-7-13(8-10(2)16-9)11(14)12-3-5-15-6-4-12/h9-10H,3-8H2,1-2H3/t9-,10-/m0/s1. The first-order chi connectivity index (χ1) is 7.66. The van der Waals surface area contributed by atoms with Gasteiger partial charge in [-0.25, -0.2) is 4.79 Å². The van der Waals surface area contributed by atoms with Gasteiger partial charge in [0, 0.05) is 26.2 Å². The van der Waals surface area contributed by atoms with Crippen LogP contribution in [0, 0.1) is 0 Å². The molecule has 0 N–H and O–H groups in total. The SMILES string of the molecule is C[C@H]1CN(C(=O)N2CCOCC2)C[C@H](C)O1. The van der Waals surface area contributed by atoms with E-state index in [1.54, 1.807) is 0 Å². The van der Waals surface area contributed by atoms with Crippen molar-refractivity contribution >= 4 is 6.03 Å². The summed E-state index contributed by atoms with van der Waals surface area (Å²) in [5.41, 5.74) is 0. The van der Waals surface area contributed by atoms with Crippen LogP contribution in [0.2, 0.25) is 0 Å². The monoisotopic (exact) mass is 228 g/mol. The number of nitrogens with zero attached hydrogens (tertiary/aromatic N) is 2. The molecule has 0 aliphatic carbocycles. The molecule has 0 unspecified atom stereocenters. The van der Waals surface area contributed by atoms with E-state index < -0.39 is 0 Å². The lowest BCUT2D eigenvalue weighted by Crippen LogP contribution is -2.54. The summed E-state index contributed by atoms with van der Waals surface area (Å²) in [5.74, 6) is 0. The zero-order valence-corrected chi connectivity index (χ0v) is 10.0. The average molecular weight is 228 g/mol. The predicted molar refractivity (Wildman–Crippen MR) is 59.4 cm³/mol. The maximum atomic E-state index is 12.2. The minimum Gasteiger partial charge on any atom is -0.378 e. The molecule has 0 bridgehead atoms. The molecule has 0 aromatic heterocycles. The van der Waals surface area contributed by atoms with Gasteiger partial charge in [0.25, 0.3) is 0 Å². The minimum absolute atomic E-state index is 0.130. The van der Waals surface area contributed by atoms with E-state index in [0.717, 1.165) is 0 Å². The predicted octanol–water partition coefficient (Wildman–Crippen LogP) is 0.548. The van der Waals surface area contributed by atoms with Crippen molar-refractivity contribution in [1.82, 2.24) is 9.80 Å². The molecule has 5 heteroatoms. The first-order valence-electron chi connectivity index (χ1n) is 5.94. The first-order valence-corrected chi connectivity index (χ1v) is 5.94. The molecular formula is C11H20N2O3. The Hall–Kier alpha value is -0.810. The summed E-state index contributed by atoms with van der Waals surface area (Å²) in [7, 11) is 0. The molecule has 16 heavy (non-hydrogen) atoms. The highest BCUT2D eigenvalue weighted by atomic mass is 16.5. The summed E-state index contributed by atoms with van der Waals surface area (Å²) in [6.07, 6.45) is 0.266. The third kappa shape index (κ3) is 2.65. The number of amides is 2. The van der Waals surface area contributed by atoms with Crippen LogP contribution >= 0.6 is 0 Å². The van der Waals surface area contributed by atoms with Gasteiger partial charge in [-0.3, -0.25) is 0 Å². The average Bonchev–Trinajstić information content (AvgIpc) is 2.28. The highest BCUT2D eigenvalue weighted by Gasteiger charge is 2.29. The van der Waals surface area contributed by atoms with Gasteiger partial charge in [-0.05, 0) is 13.8 Å². The van der Waals surface area contributed by atoms with Crippen LogP contribution in [0.4, 0.5) is 4.79 Å². The van der Waals surface area contributed by atoms with E-state index in [9.17, 15) is 4.79 Å². The summed E-state index contributed by atoms with van der Waals surface area (Å²) in [5, 5.41) is 0. The van der Waals surface area contributed by atoms with E-state index in [-0.39, 0.29) is 18.2 Å². The van der Waals surface area contributed by atoms with Gasteiger partial charge in [-0.15, -0.1) is 0 Å². The third-order valence-corrected chi connectivity index (χ3v) is 2.97. The Morgan fingerprint density at radius 3 is 2.19 bits per heavy atom.